The molecule has 3 rings (SSSR count). The van der Waals surface area contributed by atoms with E-state index in [1.54, 1.807) is 11.3 Å². The molecule has 0 saturated heterocycles. The number of imidazole rings is 1. The maximum Gasteiger partial charge on any atom is 0.226 e. The number of hydrogen-bond donors (Lipinski definition) is 1. The second kappa shape index (κ2) is 6.66. The summed E-state index contributed by atoms with van der Waals surface area (Å²) in [7, 11) is -3.26. The summed E-state index contributed by atoms with van der Waals surface area (Å²) >= 11 is 1.60. The Hall–Kier alpha value is -1.71. The molecule has 1 aliphatic rings. The number of thiophene rings is 1. The van der Waals surface area contributed by atoms with Gasteiger partial charge in [-0.25, -0.2) is 13.4 Å². The first-order chi connectivity index (χ1) is 11.3. The van der Waals surface area contributed by atoms with Crippen molar-refractivity contribution >= 4 is 27.3 Å². The average molecular weight is 368 g/mol. The monoisotopic (exact) mass is 368 g/mol. The van der Waals surface area contributed by atoms with E-state index in [1.165, 1.54) is 10.6 Å². The van der Waals surface area contributed by atoms with Crippen molar-refractivity contribution in [3.05, 3.63) is 40.1 Å². The number of nitrogens with zero attached hydrogens (tertiary/aromatic N) is 3. The summed E-state index contributed by atoms with van der Waals surface area (Å²) in [6.07, 6.45) is 3.24. The molecule has 0 radical (unpaired) electrons. The van der Waals surface area contributed by atoms with Crippen molar-refractivity contribution in [2.24, 2.45) is 0 Å². The molecular formula is C15H20N4O3S2. The molecule has 130 valence electrons. The third kappa shape index (κ3) is 3.68. The van der Waals surface area contributed by atoms with Crippen molar-refractivity contribution in [1.29, 1.82) is 0 Å². The van der Waals surface area contributed by atoms with Crippen LogP contribution in [0.1, 0.15) is 29.4 Å². The maximum absolute atomic E-state index is 12.1. The van der Waals surface area contributed by atoms with E-state index in [-0.39, 0.29) is 18.4 Å². The number of amides is 1. The van der Waals surface area contributed by atoms with Crippen LogP contribution in [0.15, 0.2) is 23.7 Å². The van der Waals surface area contributed by atoms with Crippen LogP contribution in [0.25, 0.3) is 0 Å². The minimum absolute atomic E-state index is 0.0912. The van der Waals surface area contributed by atoms with Crippen molar-refractivity contribution in [2.75, 3.05) is 12.8 Å². The number of carbonyl (C=O) groups is 1. The third-order valence-corrected chi connectivity index (χ3v) is 6.26. The molecule has 7 nitrogen and oxygen atoms in total. The van der Waals surface area contributed by atoms with E-state index in [0.29, 0.717) is 31.2 Å². The Balaban J connectivity index is 1.66. The van der Waals surface area contributed by atoms with Gasteiger partial charge in [0.15, 0.2) is 0 Å². The molecule has 0 bridgehead atoms. The van der Waals surface area contributed by atoms with Crippen molar-refractivity contribution in [2.45, 2.75) is 32.5 Å². The molecule has 9 heteroatoms. The first-order valence-electron chi connectivity index (χ1n) is 7.66. The van der Waals surface area contributed by atoms with E-state index in [0.717, 1.165) is 4.88 Å². The van der Waals surface area contributed by atoms with Gasteiger partial charge >= 0.3 is 0 Å². The van der Waals surface area contributed by atoms with Gasteiger partial charge in [0.25, 0.3) is 0 Å². The van der Waals surface area contributed by atoms with E-state index in [9.17, 15) is 13.2 Å². The van der Waals surface area contributed by atoms with Crippen LogP contribution in [0.3, 0.4) is 0 Å². The molecule has 0 aliphatic carbocycles. The lowest BCUT2D eigenvalue weighted by atomic mass is 10.2. The van der Waals surface area contributed by atoms with Gasteiger partial charge < -0.3 is 9.88 Å². The summed E-state index contributed by atoms with van der Waals surface area (Å²) in [4.78, 5) is 17.6. The highest BCUT2D eigenvalue weighted by atomic mass is 32.2. The third-order valence-electron chi connectivity index (χ3n) is 4.03. The van der Waals surface area contributed by atoms with E-state index in [4.69, 9.17) is 0 Å². The van der Waals surface area contributed by atoms with Crippen molar-refractivity contribution in [3.63, 3.8) is 0 Å². The SMILES string of the molecule is CC1c2nc(CC(=O)NCc3cccs3)cn2CCN1S(C)(=O)=O. The van der Waals surface area contributed by atoms with Gasteiger partial charge in [0.1, 0.15) is 5.82 Å². The van der Waals surface area contributed by atoms with Gasteiger partial charge in [0.2, 0.25) is 15.9 Å². The fourth-order valence-corrected chi connectivity index (χ4v) is 4.62. The van der Waals surface area contributed by atoms with E-state index >= 15 is 0 Å². The molecule has 0 aromatic carbocycles. The fraction of sp³-hybridized carbons (Fsp3) is 0.467. The molecule has 2 aromatic rings. The molecule has 2 aromatic heterocycles. The average Bonchev–Trinajstić information content (AvgIpc) is 3.13. The van der Waals surface area contributed by atoms with Gasteiger partial charge in [-0.05, 0) is 18.4 Å². The molecule has 3 heterocycles. The van der Waals surface area contributed by atoms with Crippen molar-refractivity contribution in [1.82, 2.24) is 19.2 Å². The smallest absolute Gasteiger partial charge is 0.226 e. The predicted molar refractivity (Wildman–Crippen MR) is 92.1 cm³/mol. The van der Waals surface area contributed by atoms with Gasteiger partial charge in [-0.2, -0.15) is 4.31 Å². The Morgan fingerprint density at radius 3 is 2.92 bits per heavy atom. The fourth-order valence-electron chi connectivity index (χ4n) is 2.89. The Kier molecular flexibility index (Phi) is 4.75. The highest BCUT2D eigenvalue weighted by Gasteiger charge is 2.32. The second-order valence-electron chi connectivity index (χ2n) is 5.87. The number of hydrogen-bond acceptors (Lipinski definition) is 5. The van der Waals surface area contributed by atoms with Gasteiger partial charge in [-0.1, -0.05) is 6.07 Å². The minimum atomic E-state index is -3.26. The highest BCUT2D eigenvalue weighted by molar-refractivity contribution is 7.88. The zero-order valence-corrected chi connectivity index (χ0v) is 15.2. The molecule has 0 saturated carbocycles. The highest BCUT2D eigenvalue weighted by Crippen LogP contribution is 2.26. The number of nitrogens with one attached hydrogen (secondary N) is 1. The maximum atomic E-state index is 12.1. The summed E-state index contributed by atoms with van der Waals surface area (Å²) < 4.78 is 27.0. The lowest BCUT2D eigenvalue weighted by Gasteiger charge is -2.31. The molecule has 1 unspecified atom stereocenters. The normalized spacial score (nSPS) is 18.3. The quantitative estimate of drug-likeness (QED) is 0.858. The Labute approximate surface area is 145 Å². The largest absolute Gasteiger partial charge is 0.351 e. The molecule has 24 heavy (non-hydrogen) atoms. The van der Waals surface area contributed by atoms with E-state index in [1.807, 2.05) is 35.2 Å². The first-order valence-corrected chi connectivity index (χ1v) is 10.4. The van der Waals surface area contributed by atoms with Gasteiger partial charge in [0.05, 0.1) is 31.0 Å². The standard InChI is InChI=1S/C15H20N4O3S2/c1-11-15-17-12(8-14(20)16-9-13-4-3-7-23-13)10-18(15)5-6-19(11)24(2,21)22/h3-4,7,10-11H,5-6,8-9H2,1-2H3,(H,16,20). The predicted octanol–water partition coefficient (Wildman–Crippen LogP) is 1.14. The van der Waals surface area contributed by atoms with Crippen LogP contribution in [0.4, 0.5) is 0 Å². The summed E-state index contributed by atoms with van der Waals surface area (Å²) in [5.41, 5.74) is 0.663. The van der Waals surface area contributed by atoms with Gasteiger partial charge in [-0.3, -0.25) is 4.79 Å². The van der Waals surface area contributed by atoms with E-state index in [2.05, 4.69) is 10.3 Å². The van der Waals surface area contributed by atoms with Crippen LogP contribution < -0.4 is 5.32 Å². The summed E-state index contributed by atoms with van der Waals surface area (Å²) in [5.74, 6) is 0.596. The van der Waals surface area contributed by atoms with Crippen LogP contribution in [0.5, 0.6) is 0 Å². The zero-order valence-electron chi connectivity index (χ0n) is 13.6. The Bertz CT molecular complexity index is 827. The van der Waals surface area contributed by atoms with E-state index < -0.39 is 10.0 Å². The minimum Gasteiger partial charge on any atom is -0.351 e. The van der Waals surface area contributed by atoms with Crippen LogP contribution in [0, 0.1) is 0 Å². The molecule has 1 aliphatic heterocycles. The molecular weight excluding hydrogens is 348 g/mol. The zero-order chi connectivity index (χ0) is 17.3. The number of rotatable bonds is 5. The number of carbonyl (C=O) groups excluding carboxylic acids is 1. The van der Waals surface area contributed by atoms with Gasteiger partial charge in [0, 0.05) is 24.2 Å². The lowest BCUT2D eigenvalue weighted by molar-refractivity contribution is -0.120. The molecule has 1 N–H and O–H groups in total. The first kappa shape index (κ1) is 17.1. The molecule has 0 spiro atoms. The summed E-state index contributed by atoms with van der Waals surface area (Å²) in [6, 6.07) is 3.60. The van der Waals surface area contributed by atoms with Crippen LogP contribution in [-0.2, 0) is 34.3 Å². The second-order valence-corrected chi connectivity index (χ2v) is 8.83. The topological polar surface area (TPSA) is 84.3 Å². The Morgan fingerprint density at radius 1 is 1.46 bits per heavy atom. The number of sulfonamides is 1. The van der Waals surface area contributed by atoms with Crippen LogP contribution in [0.2, 0.25) is 0 Å². The molecule has 1 atom stereocenters. The summed E-state index contributed by atoms with van der Waals surface area (Å²) in [5, 5.41) is 4.85. The van der Waals surface area contributed by atoms with Gasteiger partial charge in [-0.15, -0.1) is 11.3 Å². The Morgan fingerprint density at radius 2 is 2.25 bits per heavy atom. The van der Waals surface area contributed by atoms with Crippen LogP contribution in [-0.4, -0.2) is 41.0 Å². The van der Waals surface area contributed by atoms with Crippen molar-refractivity contribution in [3.8, 4) is 0 Å². The lowest BCUT2D eigenvalue weighted by Crippen LogP contribution is -2.40. The number of fused-ring (bicyclic) bond motifs is 1. The molecule has 0 fully saturated rings. The van der Waals surface area contributed by atoms with Crippen molar-refractivity contribution < 1.29 is 13.2 Å². The molecule has 1 amide bonds. The number of aromatic nitrogens is 2. The summed E-state index contributed by atoms with van der Waals surface area (Å²) in [6.45, 7) is 3.31. The van der Waals surface area contributed by atoms with Crippen LogP contribution >= 0.6 is 11.3 Å².